The fraction of sp³-hybridized carbons (Fsp3) is 0.765. The van der Waals surface area contributed by atoms with Crippen molar-refractivity contribution < 1.29 is 4.42 Å². The Balaban J connectivity index is 1.87. The molecule has 0 bridgehead atoms. The van der Waals surface area contributed by atoms with E-state index in [2.05, 4.69) is 49.1 Å². The van der Waals surface area contributed by atoms with E-state index in [1.54, 1.807) is 0 Å². The highest BCUT2D eigenvalue weighted by Gasteiger charge is 2.21. The van der Waals surface area contributed by atoms with E-state index in [0.717, 1.165) is 50.3 Å². The van der Waals surface area contributed by atoms with Gasteiger partial charge in [0, 0.05) is 19.1 Å². The third-order valence-electron chi connectivity index (χ3n) is 3.98. The van der Waals surface area contributed by atoms with Gasteiger partial charge in [-0.2, -0.15) is 0 Å². The summed E-state index contributed by atoms with van der Waals surface area (Å²) in [7, 11) is 4.26. The number of nitrogens with zero attached hydrogens (tertiary/aromatic N) is 2. The number of hydrogen-bond acceptors (Lipinski definition) is 4. The van der Waals surface area contributed by atoms with Crippen LogP contribution in [0.4, 0.5) is 0 Å². The molecule has 0 aliphatic heterocycles. The van der Waals surface area contributed by atoms with Gasteiger partial charge in [0.25, 0.3) is 0 Å². The summed E-state index contributed by atoms with van der Waals surface area (Å²) >= 11 is 0. The lowest BCUT2D eigenvalue weighted by Gasteiger charge is -2.22. The summed E-state index contributed by atoms with van der Waals surface area (Å²) < 4.78 is 6.06. The number of nitrogens with one attached hydrogen (secondary N) is 1. The molecule has 4 nitrogen and oxygen atoms in total. The normalized spacial score (nSPS) is 15.3. The molecule has 1 fully saturated rings. The van der Waals surface area contributed by atoms with Crippen LogP contribution in [0.25, 0.3) is 0 Å². The van der Waals surface area contributed by atoms with Crippen molar-refractivity contribution in [1.29, 1.82) is 0 Å². The van der Waals surface area contributed by atoms with E-state index in [1.807, 2.05) is 0 Å². The molecule has 1 aliphatic rings. The average molecular weight is 293 g/mol. The Morgan fingerprint density at radius 3 is 2.62 bits per heavy atom. The first-order valence-electron chi connectivity index (χ1n) is 8.27. The maximum atomic E-state index is 6.06. The highest BCUT2D eigenvalue weighted by atomic mass is 16.3. The van der Waals surface area contributed by atoms with Gasteiger partial charge >= 0.3 is 0 Å². The van der Waals surface area contributed by atoms with Crippen molar-refractivity contribution in [2.45, 2.75) is 52.2 Å². The molecule has 0 amide bonds. The van der Waals surface area contributed by atoms with Crippen LogP contribution in [0, 0.1) is 6.92 Å². The van der Waals surface area contributed by atoms with Gasteiger partial charge in [-0.25, -0.2) is 0 Å². The molecule has 1 N–H and O–H groups in total. The van der Waals surface area contributed by atoms with Crippen LogP contribution in [-0.2, 0) is 13.1 Å². The van der Waals surface area contributed by atoms with Crippen molar-refractivity contribution in [2.24, 2.45) is 0 Å². The molecule has 1 aromatic rings. The van der Waals surface area contributed by atoms with Crippen LogP contribution in [0.3, 0.4) is 0 Å². The average Bonchev–Trinajstić information content (AvgIpc) is 3.19. The zero-order valence-corrected chi connectivity index (χ0v) is 14.1. The Bertz CT molecular complexity index is 424. The topological polar surface area (TPSA) is 31.6 Å². The van der Waals surface area contributed by atoms with Gasteiger partial charge in [-0.15, -0.1) is 0 Å². The van der Waals surface area contributed by atoms with Crippen molar-refractivity contribution in [3.63, 3.8) is 0 Å². The van der Waals surface area contributed by atoms with Crippen LogP contribution in [-0.4, -0.2) is 49.6 Å². The molecule has 2 rings (SSSR count). The first kappa shape index (κ1) is 16.5. The summed E-state index contributed by atoms with van der Waals surface area (Å²) in [5.41, 5.74) is 1.28. The van der Waals surface area contributed by atoms with Crippen molar-refractivity contribution >= 4 is 0 Å². The fourth-order valence-corrected chi connectivity index (χ4v) is 2.52. The van der Waals surface area contributed by atoms with E-state index in [0.29, 0.717) is 0 Å². The highest BCUT2D eigenvalue weighted by molar-refractivity contribution is 5.20. The van der Waals surface area contributed by atoms with Crippen molar-refractivity contribution in [3.05, 3.63) is 23.2 Å². The molecule has 0 radical (unpaired) electrons. The van der Waals surface area contributed by atoms with Crippen LogP contribution in [0.2, 0.25) is 0 Å². The predicted molar refractivity (Wildman–Crippen MR) is 87.4 cm³/mol. The van der Waals surface area contributed by atoms with Gasteiger partial charge in [-0.05, 0) is 58.5 Å². The molecule has 0 saturated heterocycles. The second-order valence-electron chi connectivity index (χ2n) is 6.55. The molecular formula is C17H31N3O. The SMILES string of the molecule is CCCN(CCN(C)C)Cc1cc(C)c(CNC2CC2)o1. The molecule has 120 valence electrons. The zero-order chi connectivity index (χ0) is 15.2. The highest BCUT2D eigenvalue weighted by Crippen LogP contribution is 2.21. The van der Waals surface area contributed by atoms with Gasteiger partial charge in [0.05, 0.1) is 13.1 Å². The monoisotopic (exact) mass is 293 g/mol. The second-order valence-corrected chi connectivity index (χ2v) is 6.55. The number of likely N-dealkylation sites (N-methyl/N-ethyl adjacent to an activating group) is 1. The van der Waals surface area contributed by atoms with Crippen LogP contribution < -0.4 is 5.32 Å². The van der Waals surface area contributed by atoms with Crippen LogP contribution in [0.1, 0.15) is 43.3 Å². The molecule has 0 spiro atoms. The standard InChI is InChI=1S/C17H31N3O/c1-5-8-20(10-9-19(3)4)13-16-11-14(2)17(21-16)12-18-15-6-7-15/h11,15,18H,5-10,12-13H2,1-4H3. The Kier molecular flexibility index (Phi) is 6.27. The Hall–Kier alpha value is -0.840. The summed E-state index contributed by atoms with van der Waals surface area (Å²) in [6.07, 6.45) is 3.83. The molecule has 0 atom stereocenters. The third kappa shape index (κ3) is 5.81. The minimum atomic E-state index is 0.731. The lowest BCUT2D eigenvalue weighted by Crippen LogP contribution is -2.31. The number of rotatable bonds is 10. The molecule has 4 heteroatoms. The number of aryl methyl sites for hydroxylation is 1. The molecule has 0 aromatic carbocycles. The van der Waals surface area contributed by atoms with E-state index in [9.17, 15) is 0 Å². The quantitative estimate of drug-likeness (QED) is 0.718. The molecule has 0 unspecified atom stereocenters. The Labute approximate surface area is 129 Å². The summed E-state index contributed by atoms with van der Waals surface area (Å²) in [5, 5.41) is 3.53. The summed E-state index contributed by atoms with van der Waals surface area (Å²) in [6.45, 7) is 9.51. The van der Waals surface area contributed by atoms with Crippen molar-refractivity contribution in [2.75, 3.05) is 33.7 Å². The lowest BCUT2D eigenvalue weighted by atomic mass is 10.2. The molecular weight excluding hydrogens is 262 g/mol. The molecule has 1 heterocycles. The summed E-state index contributed by atoms with van der Waals surface area (Å²) in [5.74, 6) is 2.22. The van der Waals surface area contributed by atoms with Crippen molar-refractivity contribution in [1.82, 2.24) is 15.1 Å². The van der Waals surface area contributed by atoms with E-state index in [4.69, 9.17) is 4.42 Å². The first-order valence-corrected chi connectivity index (χ1v) is 8.27. The molecule has 1 aliphatic carbocycles. The molecule has 21 heavy (non-hydrogen) atoms. The largest absolute Gasteiger partial charge is 0.463 e. The zero-order valence-electron chi connectivity index (χ0n) is 14.1. The minimum absolute atomic E-state index is 0.731. The van der Waals surface area contributed by atoms with E-state index < -0.39 is 0 Å². The number of furan rings is 1. The Morgan fingerprint density at radius 2 is 2.00 bits per heavy atom. The second kappa shape index (κ2) is 7.97. The van der Waals surface area contributed by atoms with Crippen molar-refractivity contribution in [3.8, 4) is 0 Å². The first-order chi connectivity index (χ1) is 10.1. The van der Waals surface area contributed by atoms with Gasteiger partial charge in [0.1, 0.15) is 11.5 Å². The van der Waals surface area contributed by atoms with Gasteiger partial charge in [-0.1, -0.05) is 6.92 Å². The van der Waals surface area contributed by atoms with E-state index >= 15 is 0 Å². The number of hydrogen-bond donors (Lipinski definition) is 1. The van der Waals surface area contributed by atoms with Gasteiger partial charge in [0.15, 0.2) is 0 Å². The molecule has 1 aromatic heterocycles. The van der Waals surface area contributed by atoms with Gasteiger partial charge in [-0.3, -0.25) is 4.90 Å². The molecule has 1 saturated carbocycles. The van der Waals surface area contributed by atoms with E-state index in [-0.39, 0.29) is 0 Å². The summed E-state index contributed by atoms with van der Waals surface area (Å²) in [4.78, 5) is 4.72. The lowest BCUT2D eigenvalue weighted by molar-refractivity contribution is 0.216. The van der Waals surface area contributed by atoms with Crippen LogP contribution in [0.15, 0.2) is 10.5 Å². The van der Waals surface area contributed by atoms with Crippen LogP contribution in [0.5, 0.6) is 0 Å². The fourth-order valence-electron chi connectivity index (χ4n) is 2.52. The van der Waals surface area contributed by atoms with Gasteiger partial charge in [0.2, 0.25) is 0 Å². The predicted octanol–water partition coefficient (Wildman–Crippen LogP) is 2.61. The third-order valence-corrected chi connectivity index (χ3v) is 3.98. The maximum Gasteiger partial charge on any atom is 0.120 e. The summed E-state index contributed by atoms with van der Waals surface area (Å²) in [6, 6.07) is 2.94. The smallest absolute Gasteiger partial charge is 0.120 e. The Morgan fingerprint density at radius 1 is 1.24 bits per heavy atom. The van der Waals surface area contributed by atoms with Gasteiger partial charge < -0.3 is 14.6 Å². The van der Waals surface area contributed by atoms with E-state index in [1.165, 1.54) is 24.8 Å². The maximum absolute atomic E-state index is 6.06. The van der Waals surface area contributed by atoms with Crippen LogP contribution >= 0.6 is 0 Å². The minimum Gasteiger partial charge on any atom is -0.463 e.